The van der Waals surface area contributed by atoms with Crippen LogP contribution >= 0.6 is 0 Å². The van der Waals surface area contributed by atoms with Crippen LogP contribution in [0.5, 0.6) is 0 Å². The highest BCUT2D eigenvalue weighted by Crippen LogP contribution is 2.23. The van der Waals surface area contributed by atoms with Crippen molar-refractivity contribution in [3.05, 3.63) is 65.5 Å². The number of hydrogen-bond acceptors (Lipinski definition) is 5. The normalized spacial score (nSPS) is 17.9. The number of nitrogens with zero attached hydrogens (tertiary/aromatic N) is 2. The fourth-order valence-corrected chi connectivity index (χ4v) is 3.79. The standard InChI is InChI=1S/C26H32N4O4/c1-26(2,3)30-11-9-20(15-30)25(32)27-14-24(31)29-23-8-7-22(28-23)19-6-4-5-18(13-19)16-34-21-10-12-33-17-21/h4-7,9,11,13,15,21H,8,10,12,14,16-17H2,1-3H3,(H,27,32)(H,28,29,31)/t21-/m0/s1. The monoisotopic (exact) mass is 464 g/mol. The Bertz CT molecular complexity index is 1100. The van der Waals surface area contributed by atoms with Crippen LogP contribution in [0, 0.1) is 0 Å². The van der Waals surface area contributed by atoms with Gasteiger partial charge in [0.25, 0.3) is 5.91 Å². The number of aromatic nitrogens is 1. The highest BCUT2D eigenvalue weighted by molar-refractivity contribution is 6.05. The number of carbonyl (C=O) groups is 2. The zero-order valence-electron chi connectivity index (χ0n) is 20.0. The van der Waals surface area contributed by atoms with E-state index in [-0.39, 0.29) is 30.0 Å². The number of amides is 2. The number of hydrogen-bond donors (Lipinski definition) is 2. The Morgan fingerprint density at radius 1 is 1.26 bits per heavy atom. The molecule has 2 N–H and O–H groups in total. The summed E-state index contributed by atoms with van der Waals surface area (Å²) < 4.78 is 13.2. The molecule has 0 aliphatic carbocycles. The Morgan fingerprint density at radius 2 is 2.12 bits per heavy atom. The van der Waals surface area contributed by atoms with Crippen molar-refractivity contribution in [3.63, 3.8) is 0 Å². The highest BCUT2D eigenvalue weighted by Gasteiger charge is 2.18. The van der Waals surface area contributed by atoms with Gasteiger partial charge in [0.15, 0.2) is 0 Å². The molecule has 0 radical (unpaired) electrons. The van der Waals surface area contributed by atoms with Gasteiger partial charge < -0.3 is 24.7 Å². The van der Waals surface area contributed by atoms with Gasteiger partial charge in [-0.2, -0.15) is 0 Å². The molecule has 1 aromatic heterocycles. The van der Waals surface area contributed by atoms with E-state index in [9.17, 15) is 9.59 Å². The van der Waals surface area contributed by atoms with Gasteiger partial charge in [-0.1, -0.05) is 24.3 Å². The largest absolute Gasteiger partial charge is 0.379 e. The van der Waals surface area contributed by atoms with E-state index in [0.29, 0.717) is 31.0 Å². The number of rotatable bonds is 7. The molecule has 34 heavy (non-hydrogen) atoms. The Kier molecular flexibility index (Phi) is 7.29. The number of carbonyl (C=O) groups excluding carboxylic acids is 2. The molecular weight excluding hydrogens is 432 g/mol. The first-order valence-electron chi connectivity index (χ1n) is 11.6. The van der Waals surface area contributed by atoms with Crippen molar-refractivity contribution in [1.29, 1.82) is 0 Å². The van der Waals surface area contributed by atoms with Crippen molar-refractivity contribution >= 4 is 23.3 Å². The number of ether oxygens (including phenoxy) is 2. The molecule has 0 saturated carbocycles. The molecule has 0 bridgehead atoms. The van der Waals surface area contributed by atoms with Crippen molar-refractivity contribution in [3.8, 4) is 0 Å². The average Bonchev–Trinajstić information content (AvgIpc) is 3.58. The number of nitrogens with one attached hydrogen (secondary N) is 2. The van der Waals surface area contributed by atoms with Crippen LogP contribution in [-0.4, -0.2) is 48.1 Å². The van der Waals surface area contributed by atoms with Gasteiger partial charge in [-0.05, 0) is 44.9 Å². The van der Waals surface area contributed by atoms with Crippen molar-refractivity contribution in [2.45, 2.75) is 51.9 Å². The maximum atomic E-state index is 12.4. The van der Waals surface area contributed by atoms with Crippen LogP contribution in [0.2, 0.25) is 0 Å². The van der Waals surface area contributed by atoms with E-state index in [0.717, 1.165) is 29.9 Å². The predicted octanol–water partition coefficient (Wildman–Crippen LogP) is 3.24. The number of benzene rings is 1. The van der Waals surface area contributed by atoms with Crippen LogP contribution in [0.25, 0.3) is 5.70 Å². The number of aliphatic imine (C=N–C) groups is 1. The summed E-state index contributed by atoms with van der Waals surface area (Å²) in [5.41, 5.74) is 3.27. The lowest BCUT2D eigenvalue weighted by Crippen LogP contribution is -2.39. The summed E-state index contributed by atoms with van der Waals surface area (Å²) in [6.45, 7) is 8.00. The molecule has 1 aromatic carbocycles. The van der Waals surface area contributed by atoms with Crippen LogP contribution in [0.4, 0.5) is 0 Å². The molecule has 0 unspecified atom stereocenters. The average molecular weight is 465 g/mol. The van der Waals surface area contributed by atoms with Gasteiger partial charge in [0, 0.05) is 36.5 Å². The first-order chi connectivity index (χ1) is 16.3. The first kappa shape index (κ1) is 23.9. The molecule has 2 aliphatic heterocycles. The maximum absolute atomic E-state index is 12.4. The second-order valence-corrected chi connectivity index (χ2v) is 9.56. The zero-order chi connectivity index (χ0) is 24.1. The van der Waals surface area contributed by atoms with Crippen LogP contribution < -0.4 is 10.6 Å². The van der Waals surface area contributed by atoms with Crippen LogP contribution in [0.3, 0.4) is 0 Å². The Balaban J connectivity index is 1.26. The highest BCUT2D eigenvalue weighted by atomic mass is 16.5. The van der Waals surface area contributed by atoms with Gasteiger partial charge >= 0.3 is 0 Å². The third kappa shape index (κ3) is 6.21. The van der Waals surface area contributed by atoms with Gasteiger partial charge in [0.1, 0.15) is 5.84 Å². The summed E-state index contributed by atoms with van der Waals surface area (Å²) in [6.07, 6.45) is 7.25. The van der Waals surface area contributed by atoms with E-state index < -0.39 is 0 Å². The minimum Gasteiger partial charge on any atom is -0.379 e. The summed E-state index contributed by atoms with van der Waals surface area (Å²) >= 11 is 0. The Morgan fingerprint density at radius 3 is 2.85 bits per heavy atom. The smallest absolute Gasteiger partial charge is 0.253 e. The van der Waals surface area contributed by atoms with Gasteiger partial charge in [0.2, 0.25) is 5.91 Å². The summed E-state index contributed by atoms with van der Waals surface area (Å²) in [7, 11) is 0. The molecule has 0 spiro atoms. The fraction of sp³-hybridized carbons (Fsp3) is 0.423. The molecule has 180 valence electrons. The molecule has 2 amide bonds. The molecule has 4 rings (SSSR count). The van der Waals surface area contributed by atoms with E-state index in [1.165, 1.54) is 0 Å². The summed E-state index contributed by atoms with van der Waals surface area (Å²) in [5.74, 6) is -0.0237. The quantitative estimate of drug-likeness (QED) is 0.658. The molecule has 1 atom stereocenters. The van der Waals surface area contributed by atoms with E-state index in [1.807, 2.05) is 35.0 Å². The molecule has 1 fully saturated rings. The molecule has 8 heteroatoms. The Hall–Kier alpha value is -3.23. The predicted molar refractivity (Wildman–Crippen MR) is 130 cm³/mol. The summed E-state index contributed by atoms with van der Waals surface area (Å²) in [5, 5.41) is 5.46. The minimum atomic E-state index is -0.307. The van der Waals surface area contributed by atoms with Gasteiger partial charge in [-0.3, -0.25) is 9.59 Å². The van der Waals surface area contributed by atoms with E-state index in [2.05, 4.69) is 42.5 Å². The SMILES string of the molecule is CC(C)(C)n1ccc(C(=O)NCC(=O)NC2=NC(c3cccc(CO[C@H]4CCOC4)c3)=CC2)c1. The summed E-state index contributed by atoms with van der Waals surface area (Å²) in [6, 6.07) is 9.80. The molecule has 2 aliphatic rings. The van der Waals surface area contributed by atoms with Crippen molar-refractivity contribution < 1.29 is 19.1 Å². The second-order valence-electron chi connectivity index (χ2n) is 9.56. The van der Waals surface area contributed by atoms with E-state index in [1.54, 1.807) is 12.3 Å². The fourth-order valence-electron chi connectivity index (χ4n) is 3.79. The maximum Gasteiger partial charge on any atom is 0.253 e. The van der Waals surface area contributed by atoms with Gasteiger partial charge in [-0.15, -0.1) is 0 Å². The molecular formula is C26H32N4O4. The van der Waals surface area contributed by atoms with E-state index in [4.69, 9.17) is 9.47 Å². The second kappa shape index (κ2) is 10.4. The molecule has 8 nitrogen and oxygen atoms in total. The van der Waals surface area contributed by atoms with Crippen LogP contribution in [0.15, 0.2) is 53.8 Å². The minimum absolute atomic E-state index is 0.112. The third-order valence-electron chi connectivity index (χ3n) is 5.76. The molecule has 2 aromatic rings. The lowest BCUT2D eigenvalue weighted by molar-refractivity contribution is -0.118. The summed E-state index contributed by atoms with van der Waals surface area (Å²) in [4.78, 5) is 29.3. The van der Waals surface area contributed by atoms with Crippen LogP contribution in [0.1, 0.15) is 55.1 Å². The van der Waals surface area contributed by atoms with E-state index >= 15 is 0 Å². The number of amidine groups is 1. The zero-order valence-corrected chi connectivity index (χ0v) is 20.0. The lowest BCUT2D eigenvalue weighted by atomic mass is 10.1. The van der Waals surface area contributed by atoms with Crippen LogP contribution in [-0.2, 0) is 26.4 Å². The third-order valence-corrected chi connectivity index (χ3v) is 5.76. The van der Waals surface area contributed by atoms with Gasteiger partial charge in [-0.25, -0.2) is 4.99 Å². The van der Waals surface area contributed by atoms with Gasteiger partial charge in [0.05, 0.1) is 37.1 Å². The molecule has 3 heterocycles. The molecule has 1 saturated heterocycles. The Labute approximate surface area is 200 Å². The first-order valence-corrected chi connectivity index (χ1v) is 11.6. The lowest BCUT2D eigenvalue weighted by Gasteiger charge is -2.20. The topological polar surface area (TPSA) is 94.0 Å². The van der Waals surface area contributed by atoms with Crippen molar-refractivity contribution in [2.24, 2.45) is 4.99 Å². The van der Waals surface area contributed by atoms with Crippen molar-refractivity contribution in [2.75, 3.05) is 19.8 Å². The van der Waals surface area contributed by atoms with Crippen molar-refractivity contribution in [1.82, 2.24) is 15.2 Å².